The van der Waals surface area contributed by atoms with Crippen molar-refractivity contribution in [1.82, 2.24) is 0 Å². The number of halogens is 3. The van der Waals surface area contributed by atoms with E-state index in [-0.39, 0.29) is 11.3 Å². The number of amides is 1. The zero-order chi connectivity index (χ0) is 15.4. The molecule has 6 heteroatoms. The molecule has 21 heavy (non-hydrogen) atoms. The van der Waals surface area contributed by atoms with Crippen LogP contribution in [-0.2, 0) is 0 Å². The van der Waals surface area contributed by atoms with Crippen molar-refractivity contribution in [2.75, 3.05) is 17.2 Å². The predicted molar refractivity (Wildman–Crippen MR) is 74.9 cm³/mol. The van der Waals surface area contributed by atoms with Gasteiger partial charge in [0.25, 0.3) is 5.91 Å². The number of hydrogen-bond acceptors (Lipinski definition) is 2. The van der Waals surface area contributed by atoms with Gasteiger partial charge in [-0.05, 0) is 43.3 Å². The first-order chi connectivity index (χ1) is 10.0. The molecule has 0 aliphatic carbocycles. The van der Waals surface area contributed by atoms with Gasteiger partial charge in [-0.2, -0.15) is 0 Å². The fourth-order valence-corrected chi connectivity index (χ4v) is 1.79. The second-order valence-electron chi connectivity index (χ2n) is 4.31. The second-order valence-corrected chi connectivity index (χ2v) is 4.31. The van der Waals surface area contributed by atoms with Crippen molar-refractivity contribution in [2.24, 2.45) is 0 Å². The van der Waals surface area contributed by atoms with E-state index in [1.165, 1.54) is 24.3 Å². The topological polar surface area (TPSA) is 41.1 Å². The highest BCUT2D eigenvalue weighted by Crippen LogP contribution is 2.21. The molecule has 2 aromatic rings. The molecule has 1 amide bonds. The van der Waals surface area contributed by atoms with Crippen LogP contribution in [0.15, 0.2) is 36.4 Å². The lowest BCUT2D eigenvalue weighted by Crippen LogP contribution is -2.13. The van der Waals surface area contributed by atoms with Gasteiger partial charge in [0.1, 0.15) is 23.1 Å². The smallest absolute Gasteiger partial charge is 0.255 e. The highest BCUT2D eigenvalue weighted by molar-refractivity contribution is 6.04. The Hall–Kier alpha value is -2.50. The summed E-state index contributed by atoms with van der Waals surface area (Å²) in [6.07, 6.45) is 0. The van der Waals surface area contributed by atoms with Crippen LogP contribution in [0.5, 0.6) is 0 Å². The zero-order valence-electron chi connectivity index (χ0n) is 11.2. The fraction of sp³-hybridized carbons (Fsp3) is 0.133. The Labute approximate surface area is 119 Å². The van der Waals surface area contributed by atoms with Gasteiger partial charge < -0.3 is 10.6 Å². The molecule has 0 aliphatic rings. The molecule has 0 radical (unpaired) electrons. The molecule has 2 rings (SSSR count). The van der Waals surface area contributed by atoms with Crippen molar-refractivity contribution < 1.29 is 18.0 Å². The molecule has 0 heterocycles. The highest BCUT2D eigenvalue weighted by atomic mass is 19.1. The molecule has 110 valence electrons. The first kappa shape index (κ1) is 14.9. The van der Waals surface area contributed by atoms with Crippen LogP contribution in [-0.4, -0.2) is 12.5 Å². The van der Waals surface area contributed by atoms with Crippen molar-refractivity contribution in [2.45, 2.75) is 6.92 Å². The number of nitrogens with one attached hydrogen (secondary N) is 2. The van der Waals surface area contributed by atoms with E-state index in [1.807, 2.05) is 0 Å². The van der Waals surface area contributed by atoms with E-state index in [9.17, 15) is 18.0 Å². The SMILES string of the molecule is CCNc1c(F)cc(C(=O)Nc2ccc(F)cc2)cc1F. The van der Waals surface area contributed by atoms with Crippen molar-refractivity contribution in [3.05, 3.63) is 59.4 Å². The molecular weight excluding hydrogens is 281 g/mol. The average molecular weight is 294 g/mol. The minimum Gasteiger partial charge on any atom is -0.381 e. The van der Waals surface area contributed by atoms with E-state index >= 15 is 0 Å². The molecule has 3 nitrogen and oxygen atoms in total. The minimum atomic E-state index is -0.846. The molecule has 0 fully saturated rings. The van der Waals surface area contributed by atoms with E-state index in [1.54, 1.807) is 6.92 Å². The van der Waals surface area contributed by atoms with Crippen LogP contribution < -0.4 is 10.6 Å². The third kappa shape index (κ3) is 3.53. The first-order valence-corrected chi connectivity index (χ1v) is 6.31. The normalized spacial score (nSPS) is 10.3. The monoisotopic (exact) mass is 294 g/mol. The summed E-state index contributed by atoms with van der Waals surface area (Å²) in [5, 5.41) is 4.97. The lowest BCUT2D eigenvalue weighted by Gasteiger charge is -2.09. The van der Waals surface area contributed by atoms with Crippen LogP contribution in [0, 0.1) is 17.5 Å². The van der Waals surface area contributed by atoms with E-state index in [0.717, 1.165) is 12.1 Å². The van der Waals surface area contributed by atoms with Crippen molar-refractivity contribution in [1.29, 1.82) is 0 Å². The molecular formula is C15H13F3N2O. The van der Waals surface area contributed by atoms with Crippen LogP contribution in [0.2, 0.25) is 0 Å². The van der Waals surface area contributed by atoms with Gasteiger partial charge in [-0.15, -0.1) is 0 Å². The maximum Gasteiger partial charge on any atom is 0.255 e. The summed E-state index contributed by atoms with van der Waals surface area (Å²) < 4.78 is 40.2. The molecule has 0 saturated heterocycles. The summed E-state index contributed by atoms with van der Waals surface area (Å²) in [5.74, 6) is -2.82. The van der Waals surface area contributed by atoms with E-state index in [4.69, 9.17) is 0 Å². The highest BCUT2D eigenvalue weighted by Gasteiger charge is 2.15. The lowest BCUT2D eigenvalue weighted by atomic mass is 10.1. The number of hydrogen-bond donors (Lipinski definition) is 2. The van der Waals surface area contributed by atoms with Crippen LogP contribution in [0.3, 0.4) is 0 Å². The third-order valence-corrected chi connectivity index (χ3v) is 2.76. The maximum atomic E-state index is 13.7. The Morgan fingerprint density at radius 2 is 1.62 bits per heavy atom. The molecule has 0 unspecified atom stereocenters. The number of benzene rings is 2. The molecule has 0 aliphatic heterocycles. The van der Waals surface area contributed by atoms with Gasteiger partial charge in [-0.3, -0.25) is 4.79 Å². The van der Waals surface area contributed by atoms with E-state index in [2.05, 4.69) is 10.6 Å². The van der Waals surface area contributed by atoms with Crippen LogP contribution >= 0.6 is 0 Å². The van der Waals surface area contributed by atoms with Crippen LogP contribution in [0.1, 0.15) is 17.3 Å². The van der Waals surface area contributed by atoms with Crippen LogP contribution in [0.4, 0.5) is 24.5 Å². The zero-order valence-corrected chi connectivity index (χ0v) is 11.2. The maximum absolute atomic E-state index is 13.7. The Bertz CT molecular complexity index is 633. The largest absolute Gasteiger partial charge is 0.381 e. The molecule has 2 N–H and O–H groups in total. The Morgan fingerprint density at radius 3 is 2.14 bits per heavy atom. The van der Waals surface area contributed by atoms with Crippen LogP contribution in [0.25, 0.3) is 0 Å². The van der Waals surface area contributed by atoms with E-state index in [0.29, 0.717) is 12.2 Å². The summed E-state index contributed by atoms with van der Waals surface area (Å²) in [5.41, 5.74) is -0.0928. The third-order valence-electron chi connectivity index (χ3n) is 2.76. The quantitative estimate of drug-likeness (QED) is 0.900. The lowest BCUT2D eigenvalue weighted by molar-refractivity contribution is 0.102. The Morgan fingerprint density at radius 1 is 1.05 bits per heavy atom. The Kier molecular flexibility index (Phi) is 4.47. The van der Waals surface area contributed by atoms with Gasteiger partial charge in [0.05, 0.1) is 0 Å². The number of carbonyl (C=O) groups excluding carboxylic acids is 1. The molecule has 0 aromatic heterocycles. The minimum absolute atomic E-state index is 0.157. The number of rotatable bonds is 4. The standard InChI is InChI=1S/C15H13F3N2O/c1-2-19-14-12(17)7-9(8-13(14)18)15(21)20-11-5-3-10(16)4-6-11/h3-8,19H,2H2,1H3,(H,20,21). The summed E-state index contributed by atoms with van der Waals surface area (Å²) in [6.45, 7) is 2.06. The number of carbonyl (C=O) groups is 1. The van der Waals surface area contributed by atoms with Gasteiger partial charge >= 0.3 is 0 Å². The van der Waals surface area contributed by atoms with Crippen molar-refractivity contribution in [3.8, 4) is 0 Å². The first-order valence-electron chi connectivity index (χ1n) is 6.31. The van der Waals surface area contributed by atoms with Gasteiger partial charge in [0.2, 0.25) is 0 Å². The summed E-state index contributed by atoms with van der Waals surface area (Å²) in [6, 6.07) is 6.94. The molecule has 2 aromatic carbocycles. The molecule has 0 bridgehead atoms. The number of anilines is 2. The molecule has 0 saturated carbocycles. The van der Waals surface area contributed by atoms with Crippen molar-refractivity contribution in [3.63, 3.8) is 0 Å². The summed E-state index contributed by atoms with van der Waals surface area (Å²) in [7, 11) is 0. The predicted octanol–water partition coefficient (Wildman–Crippen LogP) is 3.79. The molecule has 0 spiro atoms. The van der Waals surface area contributed by atoms with Gasteiger partial charge in [0, 0.05) is 17.8 Å². The summed E-state index contributed by atoms with van der Waals surface area (Å²) >= 11 is 0. The second kappa shape index (κ2) is 6.30. The van der Waals surface area contributed by atoms with Crippen molar-refractivity contribution >= 4 is 17.3 Å². The van der Waals surface area contributed by atoms with Gasteiger partial charge in [0.15, 0.2) is 0 Å². The van der Waals surface area contributed by atoms with Gasteiger partial charge in [-0.1, -0.05) is 0 Å². The summed E-state index contributed by atoms with van der Waals surface area (Å²) in [4.78, 5) is 11.9. The molecule has 0 atom stereocenters. The fourth-order valence-electron chi connectivity index (χ4n) is 1.79. The Balaban J connectivity index is 2.21. The van der Waals surface area contributed by atoms with Gasteiger partial charge in [-0.25, -0.2) is 13.2 Å². The van der Waals surface area contributed by atoms with E-state index < -0.39 is 23.4 Å². The average Bonchev–Trinajstić information content (AvgIpc) is 2.45.